The maximum Gasteiger partial charge on any atom is 0.426 e. The van der Waals surface area contributed by atoms with E-state index >= 15 is 0 Å². The number of hydrogen-bond acceptors (Lipinski definition) is 1. The molecule has 2 aliphatic carbocycles. The van der Waals surface area contributed by atoms with Gasteiger partial charge >= 0.3 is 12.3 Å². The number of halogens is 5. The molecular weight excluding hydrogens is 507 g/mol. The average Bonchev–Trinajstić information content (AvgIpc) is 2.93. The van der Waals surface area contributed by atoms with E-state index < -0.39 is 17.8 Å². The molecule has 0 unspecified atom stereocenters. The second-order valence-corrected chi connectivity index (χ2v) is 11.9. The first kappa shape index (κ1) is 29.9. The van der Waals surface area contributed by atoms with Gasteiger partial charge in [0.15, 0.2) is 0 Å². The minimum Gasteiger partial charge on any atom is -0.429 e. The summed E-state index contributed by atoms with van der Waals surface area (Å²) in [6.07, 6.45) is 10.2. The Morgan fingerprint density at radius 3 is 1.67 bits per heavy atom. The molecule has 39 heavy (non-hydrogen) atoms. The average molecular weight is 551 g/mol. The van der Waals surface area contributed by atoms with E-state index in [4.69, 9.17) is 4.74 Å². The van der Waals surface area contributed by atoms with Crippen LogP contribution in [0.25, 0.3) is 0 Å². The third-order valence-electron chi connectivity index (χ3n) is 9.22. The fourth-order valence-electron chi connectivity index (χ4n) is 6.73. The highest BCUT2D eigenvalue weighted by molar-refractivity contribution is 5.31. The van der Waals surface area contributed by atoms with Crippen molar-refractivity contribution in [3.8, 4) is 5.75 Å². The Bertz CT molecular complexity index is 982. The lowest BCUT2D eigenvalue weighted by molar-refractivity contribution is -0.185. The van der Waals surface area contributed by atoms with Crippen LogP contribution < -0.4 is 4.74 Å². The SMILES string of the molecule is CCCCC[C@H]1CC[C@H](C2CCC(CCc3ccc(C(F)(F)Oc4ccc(C(F)(F)F)cc4)cc3)CC2)CC1. The minimum absolute atomic E-state index is 0.312. The van der Waals surface area contributed by atoms with Gasteiger partial charge < -0.3 is 4.74 Å². The van der Waals surface area contributed by atoms with Crippen LogP contribution in [-0.2, 0) is 18.7 Å². The number of unbranched alkanes of at least 4 members (excludes halogenated alkanes) is 2. The van der Waals surface area contributed by atoms with Crippen molar-refractivity contribution in [3.05, 3.63) is 65.2 Å². The summed E-state index contributed by atoms with van der Waals surface area (Å²) in [6.45, 7) is 2.28. The zero-order valence-corrected chi connectivity index (χ0v) is 23.1. The number of rotatable bonds is 11. The molecule has 4 rings (SSSR count). The highest BCUT2D eigenvalue weighted by Crippen LogP contribution is 2.43. The summed E-state index contributed by atoms with van der Waals surface area (Å²) in [5, 5.41) is 0. The molecule has 0 saturated heterocycles. The van der Waals surface area contributed by atoms with E-state index in [-0.39, 0.29) is 11.3 Å². The van der Waals surface area contributed by atoms with Crippen molar-refractivity contribution in [1.82, 2.24) is 0 Å². The van der Waals surface area contributed by atoms with Crippen LogP contribution in [0.2, 0.25) is 0 Å². The van der Waals surface area contributed by atoms with Crippen molar-refractivity contribution < 1.29 is 26.7 Å². The van der Waals surface area contributed by atoms with Crippen molar-refractivity contribution in [2.45, 2.75) is 109 Å². The van der Waals surface area contributed by atoms with Gasteiger partial charge in [-0.25, -0.2) is 0 Å². The Kier molecular flexibility index (Phi) is 10.3. The lowest BCUT2D eigenvalue weighted by atomic mass is 9.68. The molecule has 0 amide bonds. The molecule has 2 aliphatic rings. The van der Waals surface area contributed by atoms with Crippen LogP contribution in [0.5, 0.6) is 5.75 Å². The third kappa shape index (κ3) is 8.69. The number of ether oxygens (including phenoxy) is 1. The number of aryl methyl sites for hydroxylation is 1. The van der Waals surface area contributed by atoms with E-state index in [9.17, 15) is 22.0 Å². The minimum atomic E-state index is -4.52. The molecule has 0 aliphatic heterocycles. The molecule has 6 heteroatoms. The van der Waals surface area contributed by atoms with Crippen molar-refractivity contribution in [2.24, 2.45) is 23.7 Å². The first-order chi connectivity index (χ1) is 18.6. The summed E-state index contributed by atoms with van der Waals surface area (Å²) in [6, 6.07) is 9.45. The maximum atomic E-state index is 14.6. The third-order valence-corrected chi connectivity index (χ3v) is 9.22. The highest BCUT2D eigenvalue weighted by Gasteiger charge is 2.36. The van der Waals surface area contributed by atoms with Gasteiger partial charge in [0.05, 0.1) is 11.1 Å². The van der Waals surface area contributed by atoms with Gasteiger partial charge in [-0.2, -0.15) is 22.0 Å². The lowest BCUT2D eigenvalue weighted by Crippen LogP contribution is -2.26. The van der Waals surface area contributed by atoms with E-state index in [1.54, 1.807) is 12.1 Å². The van der Waals surface area contributed by atoms with Crippen LogP contribution in [0, 0.1) is 23.7 Å². The maximum absolute atomic E-state index is 14.6. The molecule has 0 N–H and O–H groups in total. The van der Waals surface area contributed by atoms with Crippen LogP contribution >= 0.6 is 0 Å². The van der Waals surface area contributed by atoms with Crippen molar-refractivity contribution in [3.63, 3.8) is 0 Å². The van der Waals surface area contributed by atoms with Crippen molar-refractivity contribution in [1.29, 1.82) is 0 Å². The Balaban J connectivity index is 1.18. The van der Waals surface area contributed by atoms with Gasteiger partial charge in [0.1, 0.15) is 5.75 Å². The first-order valence-electron chi connectivity index (χ1n) is 15.0. The monoisotopic (exact) mass is 550 g/mol. The van der Waals surface area contributed by atoms with Crippen LogP contribution in [0.15, 0.2) is 48.5 Å². The summed E-state index contributed by atoms with van der Waals surface area (Å²) < 4.78 is 72.1. The molecule has 2 aromatic carbocycles. The second-order valence-electron chi connectivity index (χ2n) is 11.9. The lowest BCUT2D eigenvalue weighted by Gasteiger charge is -2.38. The number of hydrogen-bond donors (Lipinski definition) is 0. The first-order valence-corrected chi connectivity index (χ1v) is 15.0. The largest absolute Gasteiger partial charge is 0.429 e. The van der Waals surface area contributed by atoms with Gasteiger partial charge in [-0.3, -0.25) is 0 Å². The van der Waals surface area contributed by atoms with Gasteiger partial charge in [0, 0.05) is 0 Å². The Morgan fingerprint density at radius 2 is 1.15 bits per heavy atom. The normalized spacial score (nSPS) is 24.5. The molecule has 0 atom stereocenters. The second kappa shape index (κ2) is 13.5. The van der Waals surface area contributed by atoms with Gasteiger partial charge in [0.2, 0.25) is 0 Å². The molecule has 216 valence electrons. The van der Waals surface area contributed by atoms with Crippen LogP contribution in [0.1, 0.15) is 107 Å². The summed E-state index contributed by atoms with van der Waals surface area (Å²) in [5.41, 5.74) is -0.198. The van der Waals surface area contributed by atoms with E-state index in [2.05, 4.69) is 6.92 Å². The molecule has 2 saturated carbocycles. The molecule has 0 heterocycles. The van der Waals surface area contributed by atoms with Gasteiger partial charge in [-0.05, 0) is 104 Å². The quantitative estimate of drug-likeness (QED) is 0.200. The number of benzene rings is 2. The van der Waals surface area contributed by atoms with Crippen LogP contribution in [0.4, 0.5) is 22.0 Å². The van der Waals surface area contributed by atoms with E-state index in [1.165, 1.54) is 89.2 Å². The van der Waals surface area contributed by atoms with Gasteiger partial charge in [-0.1, -0.05) is 70.4 Å². The van der Waals surface area contributed by atoms with Crippen molar-refractivity contribution in [2.75, 3.05) is 0 Å². The molecule has 2 aromatic rings. The molecule has 0 bridgehead atoms. The molecule has 0 spiro atoms. The molecule has 1 nitrogen and oxygen atoms in total. The van der Waals surface area contributed by atoms with Gasteiger partial charge in [0.25, 0.3) is 0 Å². The fourth-order valence-corrected chi connectivity index (χ4v) is 6.73. The van der Waals surface area contributed by atoms with Crippen LogP contribution in [-0.4, -0.2) is 0 Å². The summed E-state index contributed by atoms with van der Waals surface area (Å²) in [4.78, 5) is 0. The Hall–Kier alpha value is -2.11. The standard InChI is InChI=1S/C33H43F5O/c1-2-3-4-5-24-8-14-27(15-9-24)28-16-10-25(11-17-28)6-7-26-12-18-30(19-13-26)33(37,38)39-31-22-20-29(21-23-31)32(34,35)36/h12-13,18-25,27-28H,2-11,14-17H2,1H3/t24-,25?,27-,28?. The van der Waals surface area contributed by atoms with E-state index in [0.717, 1.165) is 60.4 Å². The molecule has 2 fully saturated rings. The predicted molar refractivity (Wildman–Crippen MR) is 146 cm³/mol. The molecule has 0 radical (unpaired) electrons. The summed E-state index contributed by atoms with van der Waals surface area (Å²) in [7, 11) is 0. The zero-order valence-electron chi connectivity index (χ0n) is 23.1. The van der Waals surface area contributed by atoms with E-state index in [0.29, 0.717) is 5.92 Å². The zero-order chi connectivity index (χ0) is 27.9. The topological polar surface area (TPSA) is 9.23 Å². The van der Waals surface area contributed by atoms with Gasteiger partial charge in [-0.15, -0.1) is 0 Å². The predicted octanol–water partition coefficient (Wildman–Crippen LogP) is 11.0. The highest BCUT2D eigenvalue weighted by atomic mass is 19.4. The summed E-state index contributed by atoms with van der Waals surface area (Å²) >= 11 is 0. The van der Waals surface area contributed by atoms with E-state index in [1.807, 2.05) is 0 Å². The smallest absolute Gasteiger partial charge is 0.426 e. The molecular formula is C33H43F5O. The van der Waals surface area contributed by atoms with Crippen molar-refractivity contribution >= 4 is 0 Å². The fraction of sp³-hybridized carbons (Fsp3) is 0.636. The summed E-state index contributed by atoms with van der Waals surface area (Å²) in [5.74, 6) is 3.17. The Labute approximate surface area is 230 Å². The molecule has 0 aromatic heterocycles. The van der Waals surface area contributed by atoms with Crippen LogP contribution in [0.3, 0.4) is 0 Å². The Morgan fingerprint density at radius 1 is 0.641 bits per heavy atom. The number of alkyl halides is 5.